The molecule has 0 atom stereocenters. The highest BCUT2D eigenvalue weighted by atomic mass is 19.3. The molecule has 1 aliphatic heterocycles. The minimum Gasteiger partial charge on any atom is -0.490 e. The molecular formula is C12H11F2NO2. The molecule has 3 nitrogen and oxygen atoms in total. The summed E-state index contributed by atoms with van der Waals surface area (Å²) in [5, 5.41) is 8.62. The van der Waals surface area contributed by atoms with Crippen LogP contribution in [0.4, 0.5) is 8.78 Å². The monoisotopic (exact) mass is 239 g/mol. The maximum Gasteiger partial charge on any atom is 0.264 e. The summed E-state index contributed by atoms with van der Waals surface area (Å²) < 4.78 is 36.4. The van der Waals surface area contributed by atoms with E-state index in [2.05, 4.69) is 0 Å². The van der Waals surface area contributed by atoms with Crippen molar-refractivity contribution in [2.75, 3.05) is 13.2 Å². The summed E-state index contributed by atoms with van der Waals surface area (Å²) in [4.78, 5) is 0. The molecule has 5 heteroatoms. The number of benzene rings is 1. The van der Waals surface area contributed by atoms with E-state index in [1.54, 1.807) is 0 Å². The number of hydrogen-bond acceptors (Lipinski definition) is 3. The molecular weight excluding hydrogens is 228 g/mol. The Morgan fingerprint density at radius 1 is 1.24 bits per heavy atom. The molecule has 0 unspecified atom stereocenters. The SMILES string of the molecule is N#CCc1cc2c(cc1C(F)F)OCCCO2. The molecule has 0 spiro atoms. The van der Waals surface area contributed by atoms with Crippen LogP contribution >= 0.6 is 0 Å². The molecule has 0 amide bonds. The first-order valence-electron chi connectivity index (χ1n) is 5.30. The first-order chi connectivity index (χ1) is 8.22. The van der Waals surface area contributed by atoms with Crippen molar-refractivity contribution < 1.29 is 18.3 Å². The van der Waals surface area contributed by atoms with E-state index in [0.29, 0.717) is 36.7 Å². The van der Waals surface area contributed by atoms with Gasteiger partial charge in [0.25, 0.3) is 6.43 Å². The molecule has 0 saturated heterocycles. The number of ether oxygens (including phenoxy) is 2. The number of nitriles is 1. The zero-order chi connectivity index (χ0) is 12.3. The number of nitrogens with zero attached hydrogens (tertiary/aromatic N) is 1. The highest BCUT2D eigenvalue weighted by Gasteiger charge is 2.19. The van der Waals surface area contributed by atoms with E-state index in [1.807, 2.05) is 6.07 Å². The zero-order valence-corrected chi connectivity index (χ0v) is 9.08. The van der Waals surface area contributed by atoms with Gasteiger partial charge in [-0.15, -0.1) is 0 Å². The van der Waals surface area contributed by atoms with Gasteiger partial charge in [-0.3, -0.25) is 0 Å². The third-order valence-corrected chi connectivity index (χ3v) is 2.51. The van der Waals surface area contributed by atoms with Crippen molar-refractivity contribution in [1.29, 1.82) is 5.26 Å². The molecule has 1 aromatic rings. The minimum absolute atomic E-state index is 0.0592. The van der Waals surface area contributed by atoms with E-state index in [4.69, 9.17) is 14.7 Å². The molecule has 0 aliphatic carbocycles. The number of hydrogen-bond donors (Lipinski definition) is 0. The summed E-state index contributed by atoms with van der Waals surface area (Å²) in [7, 11) is 0. The molecule has 17 heavy (non-hydrogen) atoms. The molecule has 0 aromatic heterocycles. The Balaban J connectivity index is 2.45. The molecule has 0 fully saturated rings. The average Bonchev–Trinajstić information content (AvgIpc) is 2.52. The summed E-state index contributed by atoms with van der Waals surface area (Å²) in [6.45, 7) is 0.945. The Hall–Kier alpha value is -1.83. The van der Waals surface area contributed by atoms with Crippen molar-refractivity contribution in [2.24, 2.45) is 0 Å². The Morgan fingerprint density at radius 2 is 1.88 bits per heavy atom. The number of alkyl halides is 2. The Kier molecular flexibility index (Phi) is 3.43. The standard InChI is InChI=1S/C12H11F2NO2/c13-12(14)9-7-11-10(6-8(9)2-3-15)16-4-1-5-17-11/h6-7,12H,1-2,4-5H2. The van der Waals surface area contributed by atoms with Gasteiger partial charge in [-0.2, -0.15) is 5.26 Å². The number of rotatable bonds is 2. The Morgan fingerprint density at radius 3 is 2.47 bits per heavy atom. The van der Waals surface area contributed by atoms with Crippen molar-refractivity contribution in [1.82, 2.24) is 0 Å². The van der Waals surface area contributed by atoms with Crippen LogP contribution in [0.25, 0.3) is 0 Å². The molecule has 90 valence electrons. The van der Waals surface area contributed by atoms with Gasteiger partial charge in [0.1, 0.15) is 0 Å². The quantitative estimate of drug-likeness (QED) is 0.796. The maximum absolute atomic E-state index is 12.8. The van der Waals surface area contributed by atoms with Crippen LogP contribution in [0.2, 0.25) is 0 Å². The first kappa shape index (κ1) is 11.6. The van der Waals surface area contributed by atoms with Crippen LogP contribution < -0.4 is 9.47 Å². The summed E-state index contributed by atoms with van der Waals surface area (Å²) >= 11 is 0. The summed E-state index contributed by atoms with van der Waals surface area (Å²) in [5.74, 6) is 0.775. The summed E-state index contributed by atoms with van der Waals surface area (Å²) in [5.41, 5.74) is 0.141. The third kappa shape index (κ3) is 2.47. The molecule has 0 N–H and O–H groups in total. The van der Waals surface area contributed by atoms with E-state index in [0.717, 1.165) is 0 Å². The van der Waals surface area contributed by atoms with E-state index < -0.39 is 6.43 Å². The lowest BCUT2D eigenvalue weighted by Gasteiger charge is -2.12. The molecule has 1 aliphatic rings. The molecule has 0 radical (unpaired) electrons. The molecule has 1 aromatic carbocycles. The Labute approximate surface area is 97.6 Å². The molecule has 2 rings (SSSR count). The van der Waals surface area contributed by atoms with Gasteiger partial charge in [0.2, 0.25) is 0 Å². The van der Waals surface area contributed by atoms with Gasteiger partial charge in [-0.1, -0.05) is 0 Å². The summed E-state index contributed by atoms with van der Waals surface area (Å²) in [6.07, 6.45) is -1.96. The van der Waals surface area contributed by atoms with Crippen LogP contribution in [0.5, 0.6) is 11.5 Å². The highest BCUT2D eigenvalue weighted by Crippen LogP contribution is 2.36. The average molecular weight is 239 g/mol. The fraction of sp³-hybridized carbons (Fsp3) is 0.417. The van der Waals surface area contributed by atoms with Gasteiger partial charge in [-0.25, -0.2) is 8.78 Å². The van der Waals surface area contributed by atoms with Crippen molar-refractivity contribution in [3.8, 4) is 17.6 Å². The van der Waals surface area contributed by atoms with Gasteiger partial charge < -0.3 is 9.47 Å². The fourth-order valence-electron chi connectivity index (χ4n) is 1.71. The molecule has 1 heterocycles. The summed E-state index contributed by atoms with van der Waals surface area (Å²) in [6, 6.07) is 4.63. The van der Waals surface area contributed by atoms with Crippen LogP contribution in [0, 0.1) is 11.3 Å². The van der Waals surface area contributed by atoms with Crippen molar-refractivity contribution in [3.05, 3.63) is 23.3 Å². The molecule has 0 bridgehead atoms. The van der Waals surface area contributed by atoms with E-state index in [9.17, 15) is 8.78 Å². The number of halogens is 2. The lowest BCUT2D eigenvalue weighted by Crippen LogP contribution is -1.98. The van der Waals surface area contributed by atoms with Gasteiger partial charge in [0.15, 0.2) is 11.5 Å². The molecule has 0 saturated carbocycles. The maximum atomic E-state index is 12.8. The van der Waals surface area contributed by atoms with E-state index in [1.165, 1.54) is 12.1 Å². The highest BCUT2D eigenvalue weighted by molar-refractivity contribution is 5.49. The smallest absolute Gasteiger partial charge is 0.264 e. The van der Waals surface area contributed by atoms with Gasteiger partial charge >= 0.3 is 0 Å². The largest absolute Gasteiger partial charge is 0.490 e. The minimum atomic E-state index is -2.62. The topological polar surface area (TPSA) is 42.2 Å². The van der Waals surface area contributed by atoms with Crippen LogP contribution in [-0.4, -0.2) is 13.2 Å². The van der Waals surface area contributed by atoms with Gasteiger partial charge in [0, 0.05) is 12.0 Å². The lowest BCUT2D eigenvalue weighted by molar-refractivity contribution is 0.150. The zero-order valence-electron chi connectivity index (χ0n) is 9.08. The second-order valence-corrected chi connectivity index (χ2v) is 3.68. The van der Waals surface area contributed by atoms with Crippen molar-refractivity contribution >= 4 is 0 Å². The van der Waals surface area contributed by atoms with Crippen LogP contribution in [0.15, 0.2) is 12.1 Å². The van der Waals surface area contributed by atoms with E-state index in [-0.39, 0.29) is 12.0 Å². The second kappa shape index (κ2) is 5.00. The second-order valence-electron chi connectivity index (χ2n) is 3.68. The van der Waals surface area contributed by atoms with Crippen LogP contribution in [-0.2, 0) is 6.42 Å². The first-order valence-corrected chi connectivity index (χ1v) is 5.30. The van der Waals surface area contributed by atoms with Crippen LogP contribution in [0.3, 0.4) is 0 Å². The van der Waals surface area contributed by atoms with Gasteiger partial charge in [0.05, 0.1) is 25.7 Å². The lowest BCUT2D eigenvalue weighted by atomic mass is 10.0. The Bertz CT molecular complexity index is 455. The van der Waals surface area contributed by atoms with Crippen LogP contribution in [0.1, 0.15) is 24.0 Å². The van der Waals surface area contributed by atoms with Crippen molar-refractivity contribution in [2.45, 2.75) is 19.3 Å². The normalized spacial score (nSPS) is 14.2. The fourth-order valence-corrected chi connectivity index (χ4v) is 1.71. The predicted octanol–water partition coefficient (Wildman–Crippen LogP) is 2.85. The van der Waals surface area contributed by atoms with E-state index >= 15 is 0 Å². The predicted molar refractivity (Wildman–Crippen MR) is 56.3 cm³/mol. The number of fused-ring (bicyclic) bond motifs is 1. The van der Waals surface area contributed by atoms with Crippen molar-refractivity contribution in [3.63, 3.8) is 0 Å². The van der Waals surface area contributed by atoms with Gasteiger partial charge in [-0.05, 0) is 17.7 Å². The third-order valence-electron chi connectivity index (χ3n) is 2.51.